The van der Waals surface area contributed by atoms with E-state index in [0.717, 1.165) is 27.8 Å². The van der Waals surface area contributed by atoms with Crippen molar-refractivity contribution in [2.75, 3.05) is 0 Å². The van der Waals surface area contributed by atoms with Crippen LogP contribution in [0, 0.1) is 48.5 Å². The monoisotopic (exact) mass is 374 g/mol. The van der Waals surface area contributed by atoms with Crippen molar-refractivity contribution in [3.8, 4) is 0 Å². The van der Waals surface area contributed by atoms with Gasteiger partial charge in [-0.1, -0.05) is 17.7 Å². The summed E-state index contributed by atoms with van der Waals surface area (Å²) in [5.41, 5.74) is 8.94. The summed E-state index contributed by atoms with van der Waals surface area (Å²) in [4.78, 5) is 14.8. The molecular weight excluding hydrogens is 348 g/mol. The Labute approximate surface area is 155 Å². The zero-order valence-corrected chi connectivity index (χ0v) is 17.2. The van der Waals surface area contributed by atoms with Gasteiger partial charge in [-0.3, -0.25) is 10.2 Å². The van der Waals surface area contributed by atoms with Crippen LogP contribution in [0.5, 0.6) is 0 Å². The molecule has 0 atom stereocenters. The fourth-order valence-corrected chi connectivity index (χ4v) is 4.61. The molecule has 0 spiro atoms. The van der Waals surface area contributed by atoms with E-state index in [1.807, 2.05) is 46.8 Å². The fraction of sp³-hybridized carbons (Fsp3) is 0.350. The van der Waals surface area contributed by atoms with Crippen LogP contribution in [0.3, 0.4) is 0 Å². The molecule has 2 aromatic carbocycles. The first-order valence-electron chi connectivity index (χ1n) is 8.43. The molecule has 0 unspecified atom stereocenters. The van der Waals surface area contributed by atoms with E-state index in [9.17, 15) is 13.2 Å². The molecule has 140 valence electrons. The van der Waals surface area contributed by atoms with Gasteiger partial charge in [-0.15, -0.1) is 4.83 Å². The van der Waals surface area contributed by atoms with Crippen LogP contribution in [-0.2, 0) is 10.0 Å². The number of sulfonamides is 1. The van der Waals surface area contributed by atoms with Crippen molar-refractivity contribution in [3.05, 3.63) is 62.7 Å². The molecule has 0 bridgehead atoms. The number of carbonyl (C=O) groups is 1. The predicted molar refractivity (Wildman–Crippen MR) is 104 cm³/mol. The van der Waals surface area contributed by atoms with E-state index in [-0.39, 0.29) is 4.90 Å². The average molecular weight is 375 g/mol. The number of aryl methyl sites for hydroxylation is 2. The Hall–Kier alpha value is -2.18. The molecule has 0 fully saturated rings. The highest BCUT2D eigenvalue weighted by atomic mass is 32.2. The maximum Gasteiger partial charge on any atom is 0.266 e. The van der Waals surface area contributed by atoms with Crippen LogP contribution in [0.1, 0.15) is 49.3 Å². The molecule has 0 saturated carbocycles. The molecule has 2 N–H and O–H groups in total. The van der Waals surface area contributed by atoms with Gasteiger partial charge in [0.25, 0.3) is 15.9 Å². The summed E-state index contributed by atoms with van der Waals surface area (Å²) in [6, 6.07) is 5.38. The minimum absolute atomic E-state index is 0.221. The van der Waals surface area contributed by atoms with Gasteiger partial charge in [-0.05, 0) is 87.9 Å². The highest BCUT2D eigenvalue weighted by Gasteiger charge is 2.24. The van der Waals surface area contributed by atoms with Crippen molar-refractivity contribution in [2.45, 2.75) is 53.4 Å². The molecular formula is C20H26N2O3S. The Balaban J connectivity index is 2.34. The van der Waals surface area contributed by atoms with Gasteiger partial charge in [0.15, 0.2) is 0 Å². The molecule has 2 aromatic rings. The molecule has 0 radical (unpaired) electrons. The molecule has 2 rings (SSSR count). The van der Waals surface area contributed by atoms with Gasteiger partial charge >= 0.3 is 0 Å². The number of nitrogens with one attached hydrogen (secondary N) is 2. The summed E-state index contributed by atoms with van der Waals surface area (Å²) < 4.78 is 25.7. The second kappa shape index (κ2) is 7.21. The Bertz CT molecular complexity index is 964. The van der Waals surface area contributed by atoms with Crippen LogP contribution in [0.15, 0.2) is 23.1 Å². The van der Waals surface area contributed by atoms with E-state index >= 15 is 0 Å². The molecule has 26 heavy (non-hydrogen) atoms. The van der Waals surface area contributed by atoms with Crippen LogP contribution in [0.2, 0.25) is 0 Å². The SMILES string of the molecule is Cc1ccc(C(=O)NNS(=O)(=O)c2c(C)c(C)c(C)c(C)c2C)c(C)c1. The van der Waals surface area contributed by atoms with Gasteiger partial charge in [0.1, 0.15) is 0 Å². The smallest absolute Gasteiger partial charge is 0.266 e. The summed E-state index contributed by atoms with van der Waals surface area (Å²) in [5, 5.41) is 0. The van der Waals surface area contributed by atoms with Gasteiger partial charge in [0.2, 0.25) is 0 Å². The molecule has 0 aliphatic rings. The number of hydrogen-bond donors (Lipinski definition) is 2. The van der Waals surface area contributed by atoms with E-state index in [4.69, 9.17) is 0 Å². The normalized spacial score (nSPS) is 11.5. The minimum atomic E-state index is -3.89. The maximum absolute atomic E-state index is 12.8. The van der Waals surface area contributed by atoms with Crippen molar-refractivity contribution < 1.29 is 13.2 Å². The van der Waals surface area contributed by atoms with Crippen LogP contribution < -0.4 is 10.3 Å². The number of carbonyl (C=O) groups excluding carboxylic acids is 1. The van der Waals surface area contributed by atoms with Gasteiger partial charge in [0.05, 0.1) is 4.90 Å². The lowest BCUT2D eigenvalue weighted by Crippen LogP contribution is -2.42. The van der Waals surface area contributed by atoms with E-state index in [1.165, 1.54) is 0 Å². The second-order valence-electron chi connectivity index (χ2n) is 6.83. The summed E-state index contributed by atoms with van der Waals surface area (Å²) in [6.07, 6.45) is 0. The Morgan fingerprint density at radius 2 is 1.31 bits per heavy atom. The fourth-order valence-electron chi connectivity index (χ4n) is 3.17. The Morgan fingerprint density at radius 1 is 0.808 bits per heavy atom. The first kappa shape index (κ1) is 20.1. The molecule has 0 aliphatic carbocycles. The van der Waals surface area contributed by atoms with E-state index in [1.54, 1.807) is 19.9 Å². The van der Waals surface area contributed by atoms with Crippen LogP contribution in [-0.4, -0.2) is 14.3 Å². The molecule has 6 heteroatoms. The predicted octanol–water partition coefficient (Wildman–Crippen LogP) is 3.47. The van der Waals surface area contributed by atoms with Gasteiger partial charge in [-0.25, -0.2) is 8.42 Å². The van der Waals surface area contributed by atoms with Crippen LogP contribution >= 0.6 is 0 Å². The molecule has 0 saturated heterocycles. The van der Waals surface area contributed by atoms with Crippen LogP contribution in [0.4, 0.5) is 0 Å². The van der Waals surface area contributed by atoms with Crippen molar-refractivity contribution >= 4 is 15.9 Å². The third kappa shape index (κ3) is 3.66. The number of hydrogen-bond acceptors (Lipinski definition) is 3. The lowest BCUT2D eigenvalue weighted by molar-refractivity contribution is 0.0944. The van der Waals surface area contributed by atoms with E-state index in [2.05, 4.69) is 10.3 Å². The van der Waals surface area contributed by atoms with Gasteiger partial charge < -0.3 is 0 Å². The lowest BCUT2D eigenvalue weighted by atomic mass is 9.95. The highest BCUT2D eigenvalue weighted by Crippen LogP contribution is 2.29. The maximum atomic E-state index is 12.8. The number of amides is 1. The number of rotatable bonds is 4. The van der Waals surface area contributed by atoms with Gasteiger partial charge in [0, 0.05) is 5.56 Å². The largest absolute Gasteiger partial charge is 0.273 e. The van der Waals surface area contributed by atoms with Crippen molar-refractivity contribution in [2.24, 2.45) is 0 Å². The number of benzene rings is 2. The second-order valence-corrected chi connectivity index (χ2v) is 8.45. The first-order valence-corrected chi connectivity index (χ1v) is 9.92. The Morgan fingerprint density at radius 3 is 1.81 bits per heavy atom. The first-order chi connectivity index (χ1) is 12.0. The zero-order valence-electron chi connectivity index (χ0n) is 16.4. The quantitative estimate of drug-likeness (QED) is 0.805. The molecule has 0 heterocycles. The third-order valence-corrected chi connectivity index (χ3v) is 6.65. The third-order valence-electron chi connectivity index (χ3n) is 5.13. The van der Waals surface area contributed by atoms with Crippen molar-refractivity contribution in [1.82, 2.24) is 10.3 Å². The summed E-state index contributed by atoms with van der Waals surface area (Å²) in [6.45, 7) is 13.1. The topological polar surface area (TPSA) is 75.3 Å². The Kier molecular flexibility index (Phi) is 5.58. The van der Waals surface area contributed by atoms with Crippen LogP contribution in [0.25, 0.3) is 0 Å². The number of hydrazine groups is 1. The zero-order chi connectivity index (χ0) is 19.8. The molecule has 5 nitrogen and oxygen atoms in total. The van der Waals surface area contributed by atoms with Gasteiger partial charge in [-0.2, -0.15) is 0 Å². The molecule has 0 aliphatic heterocycles. The minimum Gasteiger partial charge on any atom is -0.273 e. The standard InChI is InChI=1S/C20H26N2O3S/c1-11-8-9-18(12(2)10-11)20(23)21-22-26(24,25)19-16(6)14(4)13(3)15(5)17(19)7/h8-10,22H,1-7H3,(H,21,23). The van der Waals surface area contributed by atoms with Crippen molar-refractivity contribution in [3.63, 3.8) is 0 Å². The highest BCUT2D eigenvalue weighted by molar-refractivity contribution is 7.89. The summed E-state index contributed by atoms with van der Waals surface area (Å²) in [7, 11) is -3.89. The van der Waals surface area contributed by atoms with E-state index in [0.29, 0.717) is 16.7 Å². The summed E-state index contributed by atoms with van der Waals surface area (Å²) >= 11 is 0. The lowest BCUT2D eigenvalue weighted by Gasteiger charge is -2.19. The average Bonchev–Trinajstić information content (AvgIpc) is 2.56. The molecule has 0 aromatic heterocycles. The molecule has 1 amide bonds. The van der Waals surface area contributed by atoms with Crippen molar-refractivity contribution in [1.29, 1.82) is 0 Å². The van der Waals surface area contributed by atoms with E-state index < -0.39 is 15.9 Å². The summed E-state index contributed by atoms with van der Waals surface area (Å²) in [5.74, 6) is -0.484.